The van der Waals surface area contributed by atoms with E-state index in [1.165, 1.54) is 0 Å². The minimum Gasteiger partial charge on any atom is -0.419 e. The summed E-state index contributed by atoms with van der Waals surface area (Å²) in [6, 6.07) is 21.0. The van der Waals surface area contributed by atoms with Crippen LogP contribution in [-0.2, 0) is 6.42 Å². The van der Waals surface area contributed by atoms with Gasteiger partial charge in [-0.05, 0) is 55.3 Å². The molecule has 0 aliphatic rings. The predicted molar refractivity (Wildman–Crippen MR) is 103 cm³/mol. The Morgan fingerprint density at radius 2 is 1.33 bits per heavy atom. The normalized spacial score (nSPS) is 10.3. The second-order valence-corrected chi connectivity index (χ2v) is 6.15. The number of esters is 2. The average Bonchev–Trinajstić information content (AvgIpc) is 2.69. The third-order valence-electron chi connectivity index (χ3n) is 4.11. The SMILES string of the molecule is CCc1ccc(C(=O)Oc2ccccc2OC(=O)c2cccc(C)c2)cc1. The van der Waals surface area contributed by atoms with E-state index in [0.717, 1.165) is 17.5 Å². The van der Waals surface area contributed by atoms with Crippen LogP contribution in [0.4, 0.5) is 0 Å². The topological polar surface area (TPSA) is 52.6 Å². The molecule has 0 amide bonds. The van der Waals surface area contributed by atoms with Gasteiger partial charge < -0.3 is 9.47 Å². The molecule has 0 atom stereocenters. The Morgan fingerprint density at radius 3 is 1.89 bits per heavy atom. The summed E-state index contributed by atoms with van der Waals surface area (Å²) in [5.41, 5.74) is 2.97. The van der Waals surface area contributed by atoms with Crippen LogP contribution in [0.15, 0.2) is 72.8 Å². The molecule has 0 saturated heterocycles. The maximum Gasteiger partial charge on any atom is 0.343 e. The molecule has 0 N–H and O–H groups in total. The van der Waals surface area contributed by atoms with Crippen LogP contribution in [0.2, 0.25) is 0 Å². The van der Waals surface area contributed by atoms with Crippen LogP contribution in [0.3, 0.4) is 0 Å². The van der Waals surface area contributed by atoms with Crippen LogP contribution in [0, 0.1) is 6.92 Å². The molecule has 0 bridgehead atoms. The second-order valence-electron chi connectivity index (χ2n) is 6.15. The number of carbonyl (C=O) groups is 2. The largest absolute Gasteiger partial charge is 0.419 e. The lowest BCUT2D eigenvalue weighted by Gasteiger charge is -2.11. The number of rotatable bonds is 5. The van der Waals surface area contributed by atoms with E-state index in [2.05, 4.69) is 0 Å². The van der Waals surface area contributed by atoms with Gasteiger partial charge in [0.25, 0.3) is 0 Å². The molecule has 0 radical (unpaired) electrons. The highest BCUT2D eigenvalue weighted by Gasteiger charge is 2.16. The van der Waals surface area contributed by atoms with Gasteiger partial charge in [0.2, 0.25) is 0 Å². The minimum atomic E-state index is -0.505. The number of hydrogen-bond acceptors (Lipinski definition) is 4. The fraction of sp³-hybridized carbons (Fsp3) is 0.130. The number of ether oxygens (including phenoxy) is 2. The van der Waals surface area contributed by atoms with Gasteiger partial charge in [0.1, 0.15) is 0 Å². The molecule has 3 aromatic rings. The van der Waals surface area contributed by atoms with Crippen molar-refractivity contribution in [3.8, 4) is 11.5 Å². The zero-order valence-corrected chi connectivity index (χ0v) is 15.3. The summed E-state index contributed by atoms with van der Waals surface area (Å²) in [7, 11) is 0. The fourth-order valence-corrected chi connectivity index (χ4v) is 2.58. The molecule has 4 nitrogen and oxygen atoms in total. The van der Waals surface area contributed by atoms with Gasteiger partial charge in [0, 0.05) is 0 Å². The van der Waals surface area contributed by atoms with E-state index in [9.17, 15) is 9.59 Å². The summed E-state index contributed by atoms with van der Waals surface area (Å²) in [4.78, 5) is 24.8. The lowest BCUT2D eigenvalue weighted by molar-refractivity contribution is 0.0682. The third kappa shape index (κ3) is 4.61. The van der Waals surface area contributed by atoms with Crippen LogP contribution >= 0.6 is 0 Å². The van der Waals surface area contributed by atoms with Gasteiger partial charge in [-0.25, -0.2) is 9.59 Å². The molecule has 0 spiro atoms. The highest BCUT2D eigenvalue weighted by Crippen LogP contribution is 2.28. The molecule has 27 heavy (non-hydrogen) atoms. The zero-order valence-electron chi connectivity index (χ0n) is 15.3. The lowest BCUT2D eigenvalue weighted by Crippen LogP contribution is -2.12. The number of carbonyl (C=O) groups excluding carboxylic acids is 2. The molecule has 0 saturated carbocycles. The van der Waals surface area contributed by atoms with Crippen molar-refractivity contribution in [3.63, 3.8) is 0 Å². The van der Waals surface area contributed by atoms with Crippen molar-refractivity contribution in [3.05, 3.63) is 95.1 Å². The van der Waals surface area contributed by atoms with Crippen LogP contribution < -0.4 is 9.47 Å². The lowest BCUT2D eigenvalue weighted by atomic mass is 10.1. The van der Waals surface area contributed by atoms with Crippen molar-refractivity contribution in [1.29, 1.82) is 0 Å². The number of aryl methyl sites for hydroxylation is 2. The number of benzene rings is 3. The number of para-hydroxylation sites is 2. The van der Waals surface area contributed by atoms with Gasteiger partial charge in [-0.2, -0.15) is 0 Å². The smallest absolute Gasteiger partial charge is 0.343 e. The summed E-state index contributed by atoms with van der Waals surface area (Å²) in [6.45, 7) is 3.95. The average molecular weight is 360 g/mol. The van der Waals surface area contributed by atoms with Crippen molar-refractivity contribution in [2.75, 3.05) is 0 Å². The molecule has 136 valence electrons. The first-order valence-electron chi connectivity index (χ1n) is 8.76. The second kappa shape index (κ2) is 8.32. The molecule has 0 fully saturated rings. The molecule has 0 unspecified atom stereocenters. The van der Waals surface area contributed by atoms with E-state index in [4.69, 9.17) is 9.47 Å². The van der Waals surface area contributed by atoms with Crippen LogP contribution in [0.1, 0.15) is 38.8 Å². The van der Waals surface area contributed by atoms with Crippen molar-refractivity contribution in [2.24, 2.45) is 0 Å². The third-order valence-corrected chi connectivity index (χ3v) is 4.11. The number of hydrogen-bond donors (Lipinski definition) is 0. The molecule has 0 aromatic heterocycles. The van der Waals surface area contributed by atoms with Crippen molar-refractivity contribution >= 4 is 11.9 Å². The zero-order chi connectivity index (χ0) is 19.2. The molecule has 3 aromatic carbocycles. The highest BCUT2D eigenvalue weighted by atomic mass is 16.6. The summed E-state index contributed by atoms with van der Waals surface area (Å²) in [5, 5.41) is 0. The fourth-order valence-electron chi connectivity index (χ4n) is 2.58. The molecule has 0 aliphatic carbocycles. The van der Waals surface area contributed by atoms with Crippen LogP contribution in [-0.4, -0.2) is 11.9 Å². The first-order chi connectivity index (χ1) is 13.1. The summed E-state index contributed by atoms with van der Waals surface area (Å²) >= 11 is 0. The molecule has 0 aliphatic heterocycles. The standard InChI is InChI=1S/C23H20O4/c1-3-17-11-13-18(14-12-17)22(24)26-20-9-4-5-10-21(20)27-23(25)19-8-6-7-16(2)15-19/h4-15H,3H2,1-2H3. The summed E-state index contributed by atoms with van der Waals surface area (Å²) in [5.74, 6) is -0.614. The van der Waals surface area contributed by atoms with E-state index in [1.54, 1.807) is 54.6 Å². The first-order valence-corrected chi connectivity index (χ1v) is 8.76. The summed E-state index contributed by atoms with van der Waals surface area (Å²) < 4.78 is 10.9. The van der Waals surface area contributed by atoms with Gasteiger partial charge in [-0.15, -0.1) is 0 Å². The quantitative estimate of drug-likeness (QED) is 0.475. The maximum atomic E-state index is 12.4. The summed E-state index contributed by atoms with van der Waals surface area (Å²) in [6.07, 6.45) is 0.896. The monoisotopic (exact) mass is 360 g/mol. The molecule has 3 rings (SSSR count). The molecular weight excluding hydrogens is 340 g/mol. The van der Waals surface area contributed by atoms with Gasteiger partial charge in [-0.3, -0.25) is 0 Å². The van der Waals surface area contributed by atoms with E-state index in [-0.39, 0.29) is 11.5 Å². The van der Waals surface area contributed by atoms with E-state index >= 15 is 0 Å². The Hall–Kier alpha value is -3.40. The maximum absolute atomic E-state index is 12.4. The van der Waals surface area contributed by atoms with Crippen molar-refractivity contribution < 1.29 is 19.1 Å². The Morgan fingerprint density at radius 1 is 0.741 bits per heavy atom. The Bertz CT molecular complexity index is 958. The molecule has 0 heterocycles. The Labute approximate surface area is 158 Å². The van der Waals surface area contributed by atoms with E-state index < -0.39 is 11.9 Å². The first kappa shape index (κ1) is 18.4. The molecular formula is C23H20O4. The predicted octanol–water partition coefficient (Wildman–Crippen LogP) is 5.00. The van der Waals surface area contributed by atoms with Gasteiger partial charge >= 0.3 is 11.9 Å². The van der Waals surface area contributed by atoms with E-state index in [0.29, 0.717) is 11.1 Å². The Kier molecular flexibility index (Phi) is 5.67. The van der Waals surface area contributed by atoms with Crippen LogP contribution in [0.25, 0.3) is 0 Å². The Balaban J connectivity index is 1.77. The highest BCUT2D eigenvalue weighted by molar-refractivity contribution is 5.93. The molecule has 4 heteroatoms. The van der Waals surface area contributed by atoms with Crippen molar-refractivity contribution in [2.45, 2.75) is 20.3 Å². The van der Waals surface area contributed by atoms with Crippen molar-refractivity contribution in [1.82, 2.24) is 0 Å². The van der Waals surface area contributed by atoms with Gasteiger partial charge in [0.15, 0.2) is 11.5 Å². The van der Waals surface area contributed by atoms with E-state index in [1.807, 2.05) is 32.0 Å². The van der Waals surface area contributed by atoms with Crippen LogP contribution in [0.5, 0.6) is 11.5 Å². The van der Waals surface area contributed by atoms with Gasteiger partial charge in [-0.1, -0.05) is 48.9 Å². The van der Waals surface area contributed by atoms with Gasteiger partial charge in [0.05, 0.1) is 11.1 Å². The minimum absolute atomic E-state index is 0.197.